The highest BCUT2D eigenvalue weighted by atomic mass is 79.9. The maximum atomic E-state index is 8.70. The number of benzene rings is 1. The number of nitrogens with two attached hydrogens (primary N) is 1. The van der Waals surface area contributed by atoms with Gasteiger partial charge in [-0.25, -0.2) is 0 Å². The molecular weight excluding hydrogens is 282 g/mol. The van der Waals surface area contributed by atoms with Crippen molar-refractivity contribution in [2.24, 2.45) is 10.8 Å². The molecule has 0 aromatic heterocycles. The summed E-state index contributed by atoms with van der Waals surface area (Å²) in [7, 11) is 0. The fourth-order valence-corrected chi connectivity index (χ4v) is 1.77. The molecule has 88 valence electrons. The summed E-state index contributed by atoms with van der Waals surface area (Å²) in [6.07, 6.45) is 0. The normalized spacial score (nSPS) is 10.8. The fraction of sp³-hybridized carbons (Fsp3) is 0.182. The van der Waals surface area contributed by atoms with Crippen LogP contribution in [-0.4, -0.2) is 11.5 Å². The van der Waals surface area contributed by atoms with Gasteiger partial charge in [0.05, 0.1) is 5.69 Å². The average molecular weight is 294 g/mol. The number of nitrogens with one attached hydrogen (secondary N) is 2. The minimum atomic E-state index is -0.357. The van der Waals surface area contributed by atoms with Crippen LogP contribution in [0.5, 0.6) is 0 Å². The first-order chi connectivity index (χ1) is 7.95. The second-order valence-corrected chi connectivity index (χ2v) is 4.41. The Bertz CT molecular complexity index is 527. The van der Waals surface area contributed by atoms with Gasteiger partial charge >= 0.3 is 0 Å². The Morgan fingerprint density at radius 3 is 2.71 bits per heavy atom. The Kier molecular flexibility index (Phi) is 4.24. The summed E-state index contributed by atoms with van der Waals surface area (Å²) in [5, 5.41) is 19.6. The molecule has 0 aliphatic rings. The van der Waals surface area contributed by atoms with Crippen LogP contribution in [0.25, 0.3) is 0 Å². The van der Waals surface area contributed by atoms with Gasteiger partial charge < -0.3 is 5.73 Å². The summed E-state index contributed by atoms with van der Waals surface area (Å²) in [6.45, 7) is 3.92. The molecule has 1 aromatic carbocycles. The zero-order chi connectivity index (χ0) is 13.0. The summed E-state index contributed by atoms with van der Waals surface area (Å²) in [5.41, 5.74) is 10.7. The molecule has 0 bridgehead atoms. The van der Waals surface area contributed by atoms with Crippen LogP contribution in [0.4, 0.5) is 5.69 Å². The van der Waals surface area contributed by atoms with E-state index in [0.717, 1.165) is 21.3 Å². The predicted octanol–water partition coefficient (Wildman–Crippen LogP) is 2.29. The molecule has 0 aliphatic carbocycles. The van der Waals surface area contributed by atoms with Crippen LogP contribution >= 0.6 is 15.9 Å². The molecule has 0 amide bonds. The van der Waals surface area contributed by atoms with Crippen LogP contribution in [0, 0.1) is 30.6 Å². The van der Waals surface area contributed by atoms with Crippen molar-refractivity contribution in [2.75, 3.05) is 5.43 Å². The van der Waals surface area contributed by atoms with Gasteiger partial charge in [0, 0.05) is 4.47 Å². The SMILES string of the molecule is Cc1cc(Br)cc(N/N=C(\C#N)C(=N)N)c1C. The molecule has 0 aliphatic heterocycles. The third-order valence-corrected chi connectivity index (χ3v) is 2.74. The van der Waals surface area contributed by atoms with E-state index in [9.17, 15) is 0 Å². The Balaban J connectivity index is 3.05. The van der Waals surface area contributed by atoms with Gasteiger partial charge in [0.25, 0.3) is 0 Å². The van der Waals surface area contributed by atoms with Crippen molar-refractivity contribution in [3.05, 3.63) is 27.7 Å². The van der Waals surface area contributed by atoms with E-state index in [1.165, 1.54) is 0 Å². The molecule has 0 saturated carbocycles. The molecule has 0 saturated heterocycles. The standard InChI is InChI=1S/C11H12BrN5/c1-6-3-8(12)4-9(7(6)2)16-17-10(5-13)11(14)15/h3-4,16H,1-2H3,(H3,14,15)/b17-10+. The first-order valence-electron chi connectivity index (χ1n) is 4.80. The Morgan fingerprint density at radius 1 is 1.53 bits per heavy atom. The minimum Gasteiger partial charge on any atom is -0.382 e. The van der Waals surface area contributed by atoms with Gasteiger partial charge in [-0.3, -0.25) is 10.8 Å². The summed E-state index contributed by atoms with van der Waals surface area (Å²) >= 11 is 3.38. The molecule has 0 heterocycles. The Morgan fingerprint density at radius 2 is 2.18 bits per heavy atom. The summed E-state index contributed by atoms with van der Waals surface area (Å²) in [5.74, 6) is -0.357. The fourth-order valence-electron chi connectivity index (χ4n) is 1.19. The zero-order valence-electron chi connectivity index (χ0n) is 9.50. The van der Waals surface area contributed by atoms with Crippen molar-refractivity contribution < 1.29 is 0 Å². The number of hydrazone groups is 1. The van der Waals surface area contributed by atoms with Crippen molar-refractivity contribution in [3.8, 4) is 6.07 Å². The first-order valence-corrected chi connectivity index (χ1v) is 5.60. The second kappa shape index (κ2) is 5.46. The lowest BCUT2D eigenvalue weighted by molar-refractivity contribution is 1.26. The van der Waals surface area contributed by atoms with Crippen molar-refractivity contribution in [1.29, 1.82) is 10.7 Å². The van der Waals surface area contributed by atoms with Crippen LogP contribution in [0.3, 0.4) is 0 Å². The number of anilines is 1. The number of amidine groups is 1. The molecule has 0 atom stereocenters. The molecule has 4 N–H and O–H groups in total. The highest BCUT2D eigenvalue weighted by Gasteiger charge is 2.04. The number of nitrogens with zero attached hydrogens (tertiary/aromatic N) is 2. The summed E-state index contributed by atoms with van der Waals surface area (Å²) in [6, 6.07) is 5.58. The zero-order valence-corrected chi connectivity index (χ0v) is 11.1. The number of aryl methyl sites for hydroxylation is 1. The molecule has 0 unspecified atom stereocenters. The van der Waals surface area contributed by atoms with Crippen molar-refractivity contribution in [3.63, 3.8) is 0 Å². The smallest absolute Gasteiger partial charge is 0.201 e. The van der Waals surface area contributed by atoms with E-state index in [4.69, 9.17) is 16.4 Å². The van der Waals surface area contributed by atoms with Crippen LogP contribution < -0.4 is 11.2 Å². The van der Waals surface area contributed by atoms with E-state index in [0.29, 0.717) is 0 Å². The van der Waals surface area contributed by atoms with Gasteiger partial charge in [0.2, 0.25) is 5.71 Å². The highest BCUT2D eigenvalue weighted by molar-refractivity contribution is 9.10. The lowest BCUT2D eigenvalue weighted by atomic mass is 10.1. The Hall–Kier alpha value is -1.87. The number of hydrogen-bond donors (Lipinski definition) is 3. The van der Waals surface area contributed by atoms with Crippen LogP contribution in [0.1, 0.15) is 11.1 Å². The van der Waals surface area contributed by atoms with Gasteiger partial charge in [-0.2, -0.15) is 10.4 Å². The number of rotatable bonds is 3. The van der Waals surface area contributed by atoms with E-state index in [1.54, 1.807) is 6.07 Å². The van der Waals surface area contributed by atoms with Crippen molar-refractivity contribution in [1.82, 2.24) is 0 Å². The topological polar surface area (TPSA) is 98.0 Å². The summed E-state index contributed by atoms with van der Waals surface area (Å²) < 4.78 is 0.916. The lowest BCUT2D eigenvalue weighted by Crippen LogP contribution is -2.22. The predicted molar refractivity (Wildman–Crippen MR) is 72.2 cm³/mol. The van der Waals surface area contributed by atoms with E-state index < -0.39 is 0 Å². The molecule has 0 fully saturated rings. The van der Waals surface area contributed by atoms with Crippen LogP contribution in [-0.2, 0) is 0 Å². The van der Waals surface area contributed by atoms with E-state index in [2.05, 4.69) is 26.5 Å². The third-order valence-electron chi connectivity index (χ3n) is 2.28. The lowest BCUT2D eigenvalue weighted by Gasteiger charge is -2.09. The number of halogens is 1. The molecule has 0 spiro atoms. The molecule has 1 aromatic rings. The monoisotopic (exact) mass is 293 g/mol. The Labute approximate surface area is 108 Å². The van der Waals surface area contributed by atoms with Gasteiger partial charge in [0.1, 0.15) is 6.07 Å². The van der Waals surface area contributed by atoms with E-state index in [1.807, 2.05) is 26.0 Å². The number of hydrogen-bond acceptors (Lipinski definition) is 4. The quantitative estimate of drug-likeness (QED) is 0.453. The van der Waals surface area contributed by atoms with Gasteiger partial charge in [-0.15, -0.1) is 0 Å². The molecule has 6 heteroatoms. The molecular formula is C11H12BrN5. The van der Waals surface area contributed by atoms with E-state index >= 15 is 0 Å². The van der Waals surface area contributed by atoms with Crippen molar-refractivity contribution in [2.45, 2.75) is 13.8 Å². The third kappa shape index (κ3) is 3.29. The molecule has 17 heavy (non-hydrogen) atoms. The maximum Gasteiger partial charge on any atom is 0.201 e. The van der Waals surface area contributed by atoms with E-state index in [-0.39, 0.29) is 11.5 Å². The molecule has 1 rings (SSSR count). The largest absolute Gasteiger partial charge is 0.382 e. The van der Waals surface area contributed by atoms with Crippen molar-refractivity contribution >= 4 is 33.2 Å². The maximum absolute atomic E-state index is 8.70. The minimum absolute atomic E-state index is 0.137. The van der Waals surface area contributed by atoms with Crippen LogP contribution in [0.15, 0.2) is 21.7 Å². The second-order valence-electron chi connectivity index (χ2n) is 3.49. The highest BCUT2D eigenvalue weighted by Crippen LogP contribution is 2.24. The molecule has 5 nitrogen and oxygen atoms in total. The van der Waals surface area contributed by atoms with Gasteiger partial charge in [0.15, 0.2) is 5.84 Å². The van der Waals surface area contributed by atoms with Gasteiger partial charge in [-0.1, -0.05) is 15.9 Å². The summed E-state index contributed by atoms with van der Waals surface area (Å²) in [4.78, 5) is 0. The molecule has 0 radical (unpaired) electrons. The average Bonchev–Trinajstić information content (AvgIpc) is 2.25. The number of nitriles is 1. The van der Waals surface area contributed by atoms with Gasteiger partial charge in [-0.05, 0) is 37.1 Å². The van der Waals surface area contributed by atoms with Crippen LogP contribution in [0.2, 0.25) is 0 Å². The first kappa shape index (κ1) is 13.2.